The van der Waals surface area contributed by atoms with E-state index in [9.17, 15) is 14.4 Å². The van der Waals surface area contributed by atoms with Crippen LogP contribution in [0.3, 0.4) is 0 Å². The highest BCUT2D eigenvalue weighted by Gasteiger charge is 2.37. The predicted octanol–water partition coefficient (Wildman–Crippen LogP) is 6.39. The first-order valence-electron chi connectivity index (χ1n) is 11.2. The number of benzene rings is 2. The number of hydrogen-bond acceptors (Lipinski definition) is 6. The molecule has 4 rings (SSSR count). The van der Waals surface area contributed by atoms with E-state index in [4.69, 9.17) is 32.7 Å². The van der Waals surface area contributed by atoms with Crippen LogP contribution in [0.15, 0.2) is 39.7 Å². The Kier molecular flexibility index (Phi) is 8.87. The molecular weight excluding hydrogens is 591 g/mol. The summed E-state index contributed by atoms with van der Waals surface area (Å²) < 4.78 is 12.0. The molecule has 3 amide bonds. The van der Waals surface area contributed by atoms with Crippen molar-refractivity contribution in [1.82, 2.24) is 9.80 Å². The van der Waals surface area contributed by atoms with Gasteiger partial charge in [0.05, 0.1) is 16.5 Å². The van der Waals surface area contributed by atoms with Gasteiger partial charge in [-0.15, -0.1) is 0 Å². The summed E-state index contributed by atoms with van der Waals surface area (Å²) in [5, 5.41) is 0.568. The van der Waals surface area contributed by atoms with Crippen molar-refractivity contribution in [2.45, 2.75) is 25.9 Å². The van der Waals surface area contributed by atoms with Crippen LogP contribution in [0.2, 0.25) is 10.0 Å². The molecule has 7 nitrogen and oxygen atoms in total. The number of likely N-dealkylation sites (tertiary alicyclic amines) is 1. The van der Waals surface area contributed by atoms with E-state index in [-0.39, 0.29) is 24.0 Å². The van der Waals surface area contributed by atoms with Crippen molar-refractivity contribution in [3.8, 4) is 11.5 Å². The zero-order valence-corrected chi connectivity index (χ0v) is 23.3. The smallest absolute Gasteiger partial charge is 0.294 e. The van der Waals surface area contributed by atoms with Gasteiger partial charge in [-0.05, 0) is 82.9 Å². The Morgan fingerprint density at radius 2 is 1.89 bits per heavy atom. The van der Waals surface area contributed by atoms with Gasteiger partial charge in [0.2, 0.25) is 5.91 Å². The molecule has 0 radical (unpaired) electrons. The first-order valence-corrected chi connectivity index (χ1v) is 13.6. The molecule has 2 aromatic carbocycles. The molecule has 0 spiro atoms. The second kappa shape index (κ2) is 11.9. The fourth-order valence-electron chi connectivity index (χ4n) is 3.92. The zero-order valence-electron chi connectivity index (χ0n) is 19.4. The summed E-state index contributed by atoms with van der Waals surface area (Å²) in [6.45, 7) is 1.28. The lowest BCUT2D eigenvalue weighted by molar-refractivity contribution is -0.136. The summed E-state index contributed by atoms with van der Waals surface area (Å²) in [7, 11) is 1.51. The quantitative estimate of drug-likeness (QED) is 0.337. The van der Waals surface area contributed by atoms with Gasteiger partial charge in [-0.1, -0.05) is 29.3 Å². The molecule has 0 N–H and O–H groups in total. The molecule has 0 atom stereocenters. The minimum Gasteiger partial charge on any atom is -0.493 e. The number of hydrogen-bond donors (Lipinski definition) is 0. The lowest BCUT2D eigenvalue weighted by Gasteiger charge is -2.27. The molecule has 2 aromatic rings. The van der Waals surface area contributed by atoms with E-state index in [1.165, 1.54) is 7.11 Å². The van der Waals surface area contributed by atoms with Gasteiger partial charge in [-0.3, -0.25) is 19.3 Å². The largest absolute Gasteiger partial charge is 0.493 e. The molecule has 0 aromatic heterocycles. The van der Waals surface area contributed by atoms with Crippen LogP contribution in [0.5, 0.6) is 11.5 Å². The predicted molar refractivity (Wildman–Crippen MR) is 145 cm³/mol. The van der Waals surface area contributed by atoms with E-state index < -0.39 is 11.1 Å². The van der Waals surface area contributed by atoms with Gasteiger partial charge >= 0.3 is 0 Å². The second-order valence-corrected chi connectivity index (χ2v) is 11.0. The molecule has 2 saturated heterocycles. The third-order valence-electron chi connectivity index (χ3n) is 5.81. The molecule has 0 saturated carbocycles. The molecule has 0 aliphatic carbocycles. The van der Waals surface area contributed by atoms with Gasteiger partial charge in [-0.2, -0.15) is 0 Å². The van der Waals surface area contributed by atoms with Crippen LogP contribution < -0.4 is 9.47 Å². The first-order chi connectivity index (χ1) is 17.3. The lowest BCUT2D eigenvalue weighted by atomic mass is 10.1. The fraction of sp³-hybridized carbons (Fsp3) is 0.320. The highest BCUT2D eigenvalue weighted by molar-refractivity contribution is 9.10. The van der Waals surface area contributed by atoms with Gasteiger partial charge in [0, 0.05) is 28.7 Å². The summed E-state index contributed by atoms with van der Waals surface area (Å²) in [5.41, 5.74) is 1.38. The minimum absolute atomic E-state index is 0.189. The summed E-state index contributed by atoms with van der Waals surface area (Å²) in [5.74, 6) is 0.203. The molecule has 2 aliphatic heterocycles. The molecule has 2 fully saturated rings. The molecule has 11 heteroatoms. The number of piperidine rings is 1. The Morgan fingerprint density at radius 1 is 1.14 bits per heavy atom. The first kappa shape index (κ1) is 26.9. The van der Waals surface area contributed by atoms with Crippen molar-refractivity contribution in [2.75, 3.05) is 26.7 Å². The number of carbonyl (C=O) groups excluding carboxylic acids is 3. The molecule has 190 valence electrons. The zero-order chi connectivity index (χ0) is 25.8. The van der Waals surface area contributed by atoms with E-state index in [0.717, 1.165) is 41.5 Å². The van der Waals surface area contributed by atoms with Crippen LogP contribution in [-0.2, 0) is 16.2 Å². The summed E-state index contributed by atoms with van der Waals surface area (Å²) in [6.07, 6.45) is 4.57. The number of amides is 3. The Labute approximate surface area is 231 Å². The van der Waals surface area contributed by atoms with Crippen LogP contribution in [0.25, 0.3) is 6.08 Å². The van der Waals surface area contributed by atoms with Crippen molar-refractivity contribution in [2.24, 2.45) is 0 Å². The number of methoxy groups -OCH3 is 1. The molecule has 0 unspecified atom stereocenters. The van der Waals surface area contributed by atoms with E-state index in [0.29, 0.717) is 44.7 Å². The van der Waals surface area contributed by atoms with Gasteiger partial charge in [0.1, 0.15) is 13.2 Å². The maximum Gasteiger partial charge on any atom is 0.294 e. The molecular formula is C25H23BrCl2N2O5S. The number of nitrogens with zero attached hydrogens (tertiary/aromatic N) is 2. The van der Waals surface area contributed by atoms with Gasteiger partial charge in [-0.25, -0.2) is 0 Å². The van der Waals surface area contributed by atoms with Crippen molar-refractivity contribution in [3.05, 3.63) is 60.9 Å². The fourth-order valence-corrected chi connectivity index (χ4v) is 5.79. The number of halogens is 3. The summed E-state index contributed by atoms with van der Waals surface area (Å²) in [4.78, 5) is 41.0. The van der Waals surface area contributed by atoms with E-state index in [1.807, 2.05) is 0 Å². The second-order valence-electron chi connectivity index (χ2n) is 8.27. The number of ether oxygens (including phenoxy) is 2. The van der Waals surface area contributed by atoms with Crippen molar-refractivity contribution >= 4 is 74.0 Å². The summed E-state index contributed by atoms with van der Waals surface area (Å²) >= 11 is 16.5. The number of thioether (sulfide) groups is 1. The number of carbonyl (C=O) groups is 3. The average Bonchev–Trinajstić information content (AvgIpc) is 3.11. The van der Waals surface area contributed by atoms with Crippen LogP contribution in [0, 0.1) is 0 Å². The normalized spacial score (nSPS) is 17.2. The Balaban J connectivity index is 1.49. The standard InChI is InChI=1S/C25H23BrCl2N2O5S/c1-34-20-10-15(9-18(26)23(20)35-14-16-5-6-17(27)12-19(16)28)11-21-24(32)30(25(33)36-21)13-22(31)29-7-3-2-4-8-29/h5-6,9-12H,2-4,7-8,13-14H2,1H3/b21-11-. The van der Waals surface area contributed by atoms with Crippen LogP contribution in [-0.4, -0.2) is 53.6 Å². The number of imide groups is 1. The lowest BCUT2D eigenvalue weighted by Crippen LogP contribution is -2.44. The minimum atomic E-state index is -0.483. The van der Waals surface area contributed by atoms with Crippen LogP contribution in [0.4, 0.5) is 4.79 Å². The maximum absolute atomic E-state index is 12.9. The van der Waals surface area contributed by atoms with Crippen molar-refractivity contribution in [3.63, 3.8) is 0 Å². The third kappa shape index (κ3) is 6.19. The number of rotatable bonds is 7. The molecule has 36 heavy (non-hydrogen) atoms. The van der Waals surface area contributed by atoms with Crippen LogP contribution >= 0.6 is 50.9 Å². The Hall–Kier alpha value is -2.20. The highest BCUT2D eigenvalue weighted by Crippen LogP contribution is 2.40. The molecule has 2 heterocycles. The van der Waals surface area contributed by atoms with Crippen LogP contribution in [0.1, 0.15) is 30.4 Å². The third-order valence-corrected chi connectivity index (χ3v) is 7.90. The van der Waals surface area contributed by atoms with E-state index in [1.54, 1.807) is 41.3 Å². The topological polar surface area (TPSA) is 76.2 Å². The van der Waals surface area contributed by atoms with Crippen molar-refractivity contribution in [1.29, 1.82) is 0 Å². The van der Waals surface area contributed by atoms with Gasteiger partial charge in [0.25, 0.3) is 11.1 Å². The maximum atomic E-state index is 12.9. The molecule has 2 aliphatic rings. The highest BCUT2D eigenvalue weighted by atomic mass is 79.9. The Morgan fingerprint density at radius 3 is 2.58 bits per heavy atom. The van der Waals surface area contributed by atoms with Gasteiger partial charge in [0.15, 0.2) is 11.5 Å². The van der Waals surface area contributed by atoms with E-state index in [2.05, 4.69) is 15.9 Å². The Bertz CT molecular complexity index is 1230. The SMILES string of the molecule is COc1cc(/C=C2\SC(=O)N(CC(=O)N3CCCCC3)C2=O)cc(Br)c1OCc1ccc(Cl)cc1Cl. The monoisotopic (exact) mass is 612 g/mol. The van der Waals surface area contributed by atoms with E-state index >= 15 is 0 Å². The summed E-state index contributed by atoms with van der Waals surface area (Å²) in [6, 6.07) is 8.62. The van der Waals surface area contributed by atoms with Gasteiger partial charge < -0.3 is 14.4 Å². The molecule has 0 bridgehead atoms. The van der Waals surface area contributed by atoms with Crippen molar-refractivity contribution < 1.29 is 23.9 Å². The average molecular weight is 614 g/mol.